The number of hydrogen-bond acceptors (Lipinski definition) is 6. The summed E-state index contributed by atoms with van der Waals surface area (Å²) >= 11 is 0. The predicted octanol–water partition coefficient (Wildman–Crippen LogP) is 4.51. The van der Waals surface area contributed by atoms with Gasteiger partial charge >= 0.3 is 0 Å². The van der Waals surface area contributed by atoms with Gasteiger partial charge in [-0.2, -0.15) is 0 Å². The molecule has 4 rings (SSSR count). The van der Waals surface area contributed by atoms with E-state index in [-0.39, 0.29) is 18.5 Å². The fourth-order valence-electron chi connectivity index (χ4n) is 3.29. The van der Waals surface area contributed by atoms with Crippen molar-refractivity contribution in [2.24, 2.45) is 4.99 Å². The number of amidine groups is 1. The predicted molar refractivity (Wildman–Crippen MR) is 118 cm³/mol. The highest BCUT2D eigenvalue weighted by Crippen LogP contribution is 2.29. The summed E-state index contributed by atoms with van der Waals surface area (Å²) in [5.41, 5.74) is 2.17. The Kier molecular flexibility index (Phi) is 6.42. The molecule has 158 valence electrons. The molecule has 7 nitrogen and oxygen atoms in total. The quantitative estimate of drug-likeness (QED) is 0.409. The first kappa shape index (κ1) is 20.4. The molecule has 0 spiro atoms. The second-order valence-electron chi connectivity index (χ2n) is 7.17. The fourth-order valence-corrected chi connectivity index (χ4v) is 3.29. The van der Waals surface area contributed by atoms with Gasteiger partial charge in [0.05, 0.1) is 11.5 Å². The highest BCUT2D eigenvalue weighted by atomic mass is 16.6. The largest absolute Gasteiger partial charge is 0.485 e. The number of ether oxygens (including phenoxy) is 2. The molecule has 1 heterocycles. The molecule has 0 saturated carbocycles. The topological polar surface area (TPSA) is 86.0 Å². The number of para-hydroxylation sites is 2. The Morgan fingerprint density at radius 1 is 0.903 bits per heavy atom. The lowest BCUT2D eigenvalue weighted by Crippen LogP contribution is -2.24. The van der Waals surface area contributed by atoms with Crippen molar-refractivity contribution >= 4 is 11.5 Å². The van der Waals surface area contributed by atoms with Gasteiger partial charge in [-0.15, -0.1) is 0 Å². The van der Waals surface area contributed by atoms with Crippen LogP contribution >= 0.6 is 0 Å². The van der Waals surface area contributed by atoms with Crippen molar-refractivity contribution in [3.63, 3.8) is 0 Å². The van der Waals surface area contributed by atoms with Gasteiger partial charge in [0.1, 0.15) is 12.4 Å². The van der Waals surface area contributed by atoms with Crippen molar-refractivity contribution < 1.29 is 14.4 Å². The Hall–Kier alpha value is -3.87. The number of aliphatic imine (C=N–C) groups is 1. The third kappa shape index (κ3) is 5.60. The van der Waals surface area contributed by atoms with Crippen LogP contribution < -0.4 is 14.8 Å². The zero-order chi connectivity index (χ0) is 21.5. The van der Waals surface area contributed by atoms with Crippen LogP contribution in [-0.2, 0) is 13.0 Å². The van der Waals surface area contributed by atoms with Crippen LogP contribution in [0.2, 0.25) is 0 Å². The summed E-state index contributed by atoms with van der Waals surface area (Å²) in [5, 5.41) is 14.1. The van der Waals surface area contributed by atoms with Crippen LogP contribution in [0.25, 0.3) is 0 Å². The summed E-state index contributed by atoms with van der Waals surface area (Å²) in [4.78, 5) is 15.0. The third-order valence-electron chi connectivity index (χ3n) is 4.93. The van der Waals surface area contributed by atoms with Gasteiger partial charge in [0.15, 0.2) is 11.5 Å². The van der Waals surface area contributed by atoms with Crippen molar-refractivity contribution in [1.82, 2.24) is 5.32 Å². The normalized spacial score (nSPS) is 15.1. The highest BCUT2D eigenvalue weighted by Gasteiger charge is 2.19. The molecule has 3 aromatic rings. The van der Waals surface area contributed by atoms with Crippen LogP contribution in [0.4, 0.5) is 5.69 Å². The standard InChI is InChI=1S/C24H23N3O4/c28-27(29)20-13-10-19(11-14-20)17-30-21-8-4-5-9-22(21)31-24-16-25-23(26-24)15-12-18-6-2-1-3-7-18/h1-11,13-14,24H,12,15-17H2,(H,25,26). The summed E-state index contributed by atoms with van der Waals surface area (Å²) in [6.45, 7) is 0.897. The van der Waals surface area contributed by atoms with Gasteiger partial charge < -0.3 is 14.8 Å². The van der Waals surface area contributed by atoms with Crippen molar-refractivity contribution in [2.75, 3.05) is 6.54 Å². The second-order valence-corrected chi connectivity index (χ2v) is 7.17. The van der Waals surface area contributed by atoms with Crippen LogP contribution in [0.3, 0.4) is 0 Å². The van der Waals surface area contributed by atoms with Gasteiger partial charge in [-0.25, -0.2) is 4.99 Å². The highest BCUT2D eigenvalue weighted by molar-refractivity contribution is 5.84. The van der Waals surface area contributed by atoms with E-state index in [0.717, 1.165) is 24.2 Å². The molecule has 0 aromatic heterocycles. The van der Waals surface area contributed by atoms with E-state index in [9.17, 15) is 10.1 Å². The smallest absolute Gasteiger partial charge is 0.269 e. The van der Waals surface area contributed by atoms with Gasteiger partial charge in [-0.3, -0.25) is 10.1 Å². The Morgan fingerprint density at radius 3 is 2.35 bits per heavy atom. The Labute approximate surface area is 180 Å². The number of nitro benzene ring substituents is 1. The maximum Gasteiger partial charge on any atom is 0.269 e. The van der Waals surface area contributed by atoms with Gasteiger partial charge in [-0.05, 0) is 41.8 Å². The molecule has 7 heteroatoms. The van der Waals surface area contributed by atoms with Gasteiger partial charge in [0, 0.05) is 18.6 Å². The van der Waals surface area contributed by atoms with E-state index in [1.165, 1.54) is 17.7 Å². The summed E-state index contributed by atoms with van der Waals surface area (Å²) < 4.78 is 12.0. The zero-order valence-corrected chi connectivity index (χ0v) is 16.9. The van der Waals surface area contributed by atoms with Crippen LogP contribution in [0.15, 0.2) is 83.9 Å². The molecule has 0 bridgehead atoms. The van der Waals surface area contributed by atoms with E-state index >= 15 is 0 Å². The molecular formula is C24H23N3O4. The first-order valence-corrected chi connectivity index (χ1v) is 10.1. The minimum atomic E-state index is -0.419. The number of nitrogens with zero attached hydrogens (tertiary/aromatic N) is 2. The molecule has 1 aliphatic rings. The SMILES string of the molecule is O=[N+]([O-])c1ccc(COc2ccccc2OC2CNC(CCc3ccccc3)=N2)cc1. The van der Waals surface area contributed by atoms with Crippen LogP contribution in [-0.4, -0.2) is 23.5 Å². The number of aryl methyl sites for hydroxylation is 1. The van der Waals surface area contributed by atoms with E-state index in [0.29, 0.717) is 18.0 Å². The molecule has 1 unspecified atom stereocenters. The van der Waals surface area contributed by atoms with E-state index < -0.39 is 4.92 Å². The van der Waals surface area contributed by atoms with E-state index in [4.69, 9.17) is 9.47 Å². The molecule has 1 atom stereocenters. The molecule has 31 heavy (non-hydrogen) atoms. The molecule has 0 aliphatic carbocycles. The molecule has 0 amide bonds. The number of rotatable bonds is 9. The lowest BCUT2D eigenvalue weighted by atomic mass is 10.1. The maximum absolute atomic E-state index is 10.8. The van der Waals surface area contributed by atoms with Crippen LogP contribution in [0, 0.1) is 10.1 Å². The number of benzene rings is 3. The van der Waals surface area contributed by atoms with Crippen molar-refractivity contribution in [1.29, 1.82) is 0 Å². The average molecular weight is 417 g/mol. The van der Waals surface area contributed by atoms with E-state index in [1.54, 1.807) is 12.1 Å². The molecule has 1 aliphatic heterocycles. The molecule has 0 saturated heterocycles. The molecule has 0 fully saturated rings. The summed E-state index contributed by atoms with van der Waals surface area (Å²) in [7, 11) is 0. The lowest BCUT2D eigenvalue weighted by molar-refractivity contribution is -0.384. The lowest BCUT2D eigenvalue weighted by Gasteiger charge is -2.15. The summed E-state index contributed by atoms with van der Waals surface area (Å²) in [6, 6.07) is 24.1. The number of non-ortho nitro benzene ring substituents is 1. The van der Waals surface area contributed by atoms with Gasteiger partial charge in [-0.1, -0.05) is 42.5 Å². The maximum atomic E-state index is 10.8. The van der Waals surface area contributed by atoms with Gasteiger partial charge in [0.2, 0.25) is 6.23 Å². The zero-order valence-electron chi connectivity index (χ0n) is 16.9. The first-order valence-electron chi connectivity index (χ1n) is 10.1. The molecule has 1 N–H and O–H groups in total. The number of nitrogens with one attached hydrogen (secondary N) is 1. The van der Waals surface area contributed by atoms with Crippen molar-refractivity contribution in [3.05, 3.63) is 100 Å². The van der Waals surface area contributed by atoms with Crippen molar-refractivity contribution in [3.8, 4) is 11.5 Å². The van der Waals surface area contributed by atoms with Crippen LogP contribution in [0.5, 0.6) is 11.5 Å². The minimum Gasteiger partial charge on any atom is -0.485 e. The second kappa shape index (κ2) is 9.75. The van der Waals surface area contributed by atoms with Crippen molar-refractivity contribution in [2.45, 2.75) is 25.7 Å². The first-order chi connectivity index (χ1) is 15.2. The number of nitro groups is 1. The van der Waals surface area contributed by atoms with E-state index in [1.807, 2.05) is 42.5 Å². The molecule has 0 radical (unpaired) electrons. The molecule has 3 aromatic carbocycles. The Morgan fingerprint density at radius 2 is 1.61 bits per heavy atom. The monoisotopic (exact) mass is 417 g/mol. The summed E-state index contributed by atoms with van der Waals surface area (Å²) in [5.74, 6) is 2.16. The third-order valence-corrected chi connectivity index (χ3v) is 4.93. The Bertz CT molecular complexity index is 1050. The summed E-state index contributed by atoms with van der Waals surface area (Å²) in [6.07, 6.45) is 1.45. The van der Waals surface area contributed by atoms with Gasteiger partial charge in [0.25, 0.3) is 5.69 Å². The Balaban J connectivity index is 1.34. The fraction of sp³-hybridized carbons (Fsp3) is 0.208. The molecular weight excluding hydrogens is 394 g/mol. The van der Waals surface area contributed by atoms with E-state index in [2.05, 4.69) is 22.4 Å². The van der Waals surface area contributed by atoms with Crippen LogP contribution in [0.1, 0.15) is 17.5 Å². The average Bonchev–Trinajstić information content (AvgIpc) is 3.25. The number of hydrogen-bond donors (Lipinski definition) is 1. The minimum absolute atomic E-state index is 0.0575.